The average Bonchev–Trinajstić information content (AvgIpc) is 2.96. The predicted molar refractivity (Wildman–Crippen MR) is 63.1 cm³/mol. The fraction of sp³-hybridized carbons (Fsp3) is 0.231. The largest absolute Gasteiger partial charge is 0.463 e. The maximum absolute atomic E-state index is 11.9. The number of rotatable bonds is 2. The molecule has 1 aliphatic heterocycles. The maximum Gasteiger partial charge on any atom is 0.355 e. The Balaban J connectivity index is 1.81. The van der Waals surface area contributed by atoms with E-state index in [0.29, 0.717) is 18.7 Å². The monoisotopic (exact) mass is 245 g/mol. The third-order valence-electron chi connectivity index (χ3n) is 2.89. The Morgan fingerprint density at radius 2 is 2.22 bits per heavy atom. The normalized spacial score (nSPS) is 18.9. The van der Waals surface area contributed by atoms with Crippen LogP contribution in [0.1, 0.15) is 16.9 Å². The fourth-order valence-electron chi connectivity index (χ4n) is 1.96. The molecule has 3 rings (SSSR count). The fourth-order valence-corrected chi connectivity index (χ4v) is 1.96. The number of cyclic esters (lactones) is 1. The van der Waals surface area contributed by atoms with Gasteiger partial charge in [-0.2, -0.15) is 0 Å². The van der Waals surface area contributed by atoms with Crippen molar-refractivity contribution in [3.8, 4) is 0 Å². The van der Waals surface area contributed by atoms with Crippen molar-refractivity contribution in [1.29, 1.82) is 0 Å². The summed E-state index contributed by atoms with van der Waals surface area (Å²) >= 11 is 0. The average molecular weight is 245 g/mol. The summed E-state index contributed by atoms with van der Waals surface area (Å²) in [6.07, 6.45) is -0.353. The van der Waals surface area contributed by atoms with Gasteiger partial charge < -0.3 is 14.5 Å². The Labute approximate surface area is 103 Å². The molecule has 0 bridgehead atoms. The highest BCUT2D eigenvalue weighted by Crippen LogP contribution is 2.17. The first-order valence-electron chi connectivity index (χ1n) is 5.69. The number of hydrogen-bond donors (Lipinski definition) is 1. The molecule has 0 spiro atoms. The smallest absolute Gasteiger partial charge is 0.355 e. The molecule has 5 heteroatoms. The molecule has 2 aromatic rings. The van der Waals surface area contributed by atoms with Gasteiger partial charge in [-0.1, -0.05) is 18.2 Å². The summed E-state index contributed by atoms with van der Waals surface area (Å²) in [6, 6.07) is 9.24. The van der Waals surface area contributed by atoms with Gasteiger partial charge in [0.15, 0.2) is 0 Å². The molecule has 1 aromatic carbocycles. The number of esters is 2. The van der Waals surface area contributed by atoms with Gasteiger partial charge in [0.2, 0.25) is 6.10 Å². The van der Waals surface area contributed by atoms with Gasteiger partial charge in [0.25, 0.3) is 0 Å². The lowest BCUT2D eigenvalue weighted by Gasteiger charge is -2.06. The first kappa shape index (κ1) is 10.8. The highest BCUT2D eigenvalue weighted by Gasteiger charge is 2.30. The summed E-state index contributed by atoms with van der Waals surface area (Å²) in [5, 5.41) is 0.929. The molecule has 1 aliphatic rings. The van der Waals surface area contributed by atoms with Gasteiger partial charge in [-0.15, -0.1) is 0 Å². The van der Waals surface area contributed by atoms with Gasteiger partial charge in [-0.25, -0.2) is 9.59 Å². The number of aromatic nitrogens is 1. The van der Waals surface area contributed by atoms with Gasteiger partial charge >= 0.3 is 11.9 Å². The van der Waals surface area contributed by atoms with Crippen molar-refractivity contribution >= 4 is 22.8 Å². The molecule has 18 heavy (non-hydrogen) atoms. The van der Waals surface area contributed by atoms with Crippen molar-refractivity contribution < 1.29 is 19.1 Å². The maximum atomic E-state index is 11.9. The van der Waals surface area contributed by atoms with Crippen molar-refractivity contribution in [2.45, 2.75) is 12.5 Å². The molecule has 0 saturated carbocycles. The molecule has 1 N–H and O–H groups in total. The molecule has 0 amide bonds. The number of carbonyl (C=O) groups excluding carboxylic acids is 2. The number of hydrogen-bond acceptors (Lipinski definition) is 4. The zero-order valence-electron chi connectivity index (χ0n) is 9.51. The first-order valence-corrected chi connectivity index (χ1v) is 5.69. The number of H-pyrrole nitrogens is 1. The van der Waals surface area contributed by atoms with E-state index in [9.17, 15) is 9.59 Å². The summed E-state index contributed by atoms with van der Waals surface area (Å²) in [4.78, 5) is 26.0. The van der Waals surface area contributed by atoms with Crippen molar-refractivity contribution in [3.05, 3.63) is 36.0 Å². The lowest BCUT2D eigenvalue weighted by Crippen LogP contribution is -2.22. The number of aromatic amines is 1. The quantitative estimate of drug-likeness (QED) is 0.817. The van der Waals surface area contributed by atoms with Crippen molar-refractivity contribution in [2.24, 2.45) is 0 Å². The van der Waals surface area contributed by atoms with Crippen LogP contribution in [0.5, 0.6) is 0 Å². The van der Waals surface area contributed by atoms with E-state index >= 15 is 0 Å². The number of ether oxygens (including phenoxy) is 2. The molecule has 5 nitrogen and oxygen atoms in total. The van der Waals surface area contributed by atoms with Crippen LogP contribution in [0.3, 0.4) is 0 Å². The minimum absolute atomic E-state index is 0.309. The van der Waals surface area contributed by atoms with Gasteiger partial charge in [0, 0.05) is 17.3 Å². The topological polar surface area (TPSA) is 68.4 Å². The minimum Gasteiger partial charge on any atom is -0.463 e. The molecule has 2 heterocycles. The molecule has 1 atom stereocenters. The van der Waals surface area contributed by atoms with E-state index in [2.05, 4.69) is 4.98 Å². The molecule has 0 aliphatic carbocycles. The lowest BCUT2D eigenvalue weighted by atomic mass is 10.2. The van der Waals surface area contributed by atoms with Crippen LogP contribution < -0.4 is 0 Å². The molecule has 0 unspecified atom stereocenters. The lowest BCUT2D eigenvalue weighted by molar-refractivity contribution is -0.145. The standard InChI is InChI=1S/C13H11NO4/c15-12(18-11-5-6-17-13(11)16)10-7-8-3-1-2-4-9(8)14-10/h1-4,7,11,14H,5-6H2/t11-/m0/s1. The number of nitrogens with one attached hydrogen (secondary N) is 1. The van der Waals surface area contributed by atoms with Crippen LogP contribution in [0.25, 0.3) is 10.9 Å². The van der Waals surface area contributed by atoms with Crippen LogP contribution in [-0.2, 0) is 14.3 Å². The highest BCUT2D eigenvalue weighted by molar-refractivity contribution is 5.95. The Morgan fingerprint density at radius 3 is 2.94 bits per heavy atom. The van der Waals surface area contributed by atoms with E-state index in [1.807, 2.05) is 24.3 Å². The van der Waals surface area contributed by atoms with Gasteiger partial charge in [0.1, 0.15) is 5.69 Å². The zero-order chi connectivity index (χ0) is 12.5. The van der Waals surface area contributed by atoms with Crippen LogP contribution in [0.2, 0.25) is 0 Å². The predicted octanol–water partition coefficient (Wildman–Crippen LogP) is 1.64. The van der Waals surface area contributed by atoms with E-state index in [1.54, 1.807) is 6.07 Å². The van der Waals surface area contributed by atoms with Gasteiger partial charge in [0.05, 0.1) is 6.61 Å². The minimum atomic E-state index is -0.774. The van der Waals surface area contributed by atoms with E-state index in [-0.39, 0.29) is 0 Å². The third-order valence-corrected chi connectivity index (χ3v) is 2.89. The molecular formula is C13H11NO4. The molecular weight excluding hydrogens is 234 g/mol. The number of fused-ring (bicyclic) bond motifs is 1. The van der Waals surface area contributed by atoms with Crippen LogP contribution >= 0.6 is 0 Å². The Kier molecular flexibility index (Phi) is 2.51. The molecule has 1 aromatic heterocycles. The van der Waals surface area contributed by atoms with Crippen LogP contribution in [0.4, 0.5) is 0 Å². The van der Waals surface area contributed by atoms with E-state index in [0.717, 1.165) is 10.9 Å². The molecule has 92 valence electrons. The Bertz CT molecular complexity index is 583. The third kappa shape index (κ3) is 1.84. The van der Waals surface area contributed by atoms with Gasteiger partial charge in [-0.3, -0.25) is 0 Å². The van der Waals surface area contributed by atoms with Crippen LogP contribution in [0.15, 0.2) is 30.3 Å². The summed E-state index contributed by atoms with van der Waals surface area (Å²) in [5.74, 6) is -1.01. The molecule has 1 saturated heterocycles. The first-order chi connectivity index (χ1) is 8.74. The number of carbonyl (C=O) groups is 2. The van der Waals surface area contributed by atoms with Gasteiger partial charge in [-0.05, 0) is 12.1 Å². The van der Waals surface area contributed by atoms with Crippen molar-refractivity contribution in [2.75, 3.05) is 6.61 Å². The second-order valence-electron chi connectivity index (χ2n) is 4.12. The van der Waals surface area contributed by atoms with E-state index in [4.69, 9.17) is 9.47 Å². The second kappa shape index (κ2) is 4.18. The summed E-state index contributed by atoms with van der Waals surface area (Å²) < 4.78 is 9.83. The summed E-state index contributed by atoms with van der Waals surface area (Å²) in [5.41, 5.74) is 1.20. The zero-order valence-corrected chi connectivity index (χ0v) is 9.51. The van der Waals surface area contributed by atoms with Crippen molar-refractivity contribution in [3.63, 3.8) is 0 Å². The van der Waals surface area contributed by atoms with Crippen LogP contribution in [-0.4, -0.2) is 29.6 Å². The Morgan fingerprint density at radius 1 is 1.39 bits per heavy atom. The van der Waals surface area contributed by atoms with Crippen molar-refractivity contribution in [1.82, 2.24) is 4.98 Å². The SMILES string of the molecule is O=C(O[C@H]1CCOC1=O)c1cc2ccccc2[nH]1. The van der Waals surface area contributed by atoms with E-state index in [1.165, 1.54) is 0 Å². The second-order valence-corrected chi connectivity index (χ2v) is 4.12. The molecule has 1 fully saturated rings. The van der Waals surface area contributed by atoms with Crippen LogP contribution in [0, 0.1) is 0 Å². The summed E-state index contributed by atoms with van der Waals surface area (Å²) in [6.45, 7) is 0.309. The molecule has 0 radical (unpaired) electrons. The number of benzene rings is 1. The number of para-hydroxylation sites is 1. The highest BCUT2D eigenvalue weighted by atomic mass is 16.6. The summed E-state index contributed by atoms with van der Waals surface area (Å²) in [7, 11) is 0. The Hall–Kier alpha value is -2.30. The van der Waals surface area contributed by atoms with E-state index < -0.39 is 18.0 Å².